The highest BCUT2D eigenvalue weighted by atomic mass is 32.1. The first-order valence-electron chi connectivity index (χ1n) is 6.21. The van der Waals surface area contributed by atoms with E-state index in [9.17, 15) is 4.79 Å². The molecule has 98 valence electrons. The van der Waals surface area contributed by atoms with Crippen LogP contribution in [0.1, 0.15) is 33.1 Å². The Morgan fingerprint density at radius 2 is 2.35 bits per heavy atom. The second-order valence-electron chi connectivity index (χ2n) is 4.73. The zero-order valence-corrected chi connectivity index (χ0v) is 11.4. The van der Waals surface area contributed by atoms with Gasteiger partial charge in [0.25, 0.3) is 0 Å². The molecule has 0 aromatic heterocycles. The maximum absolute atomic E-state index is 12.1. The zero-order chi connectivity index (χ0) is 12.8. The second kappa shape index (κ2) is 6.91. The Hall–Kier alpha value is -0.680. The van der Waals surface area contributed by atoms with Crippen LogP contribution in [0.2, 0.25) is 0 Å². The standard InChI is InChI=1S/C12H22N2O2S/c1-3-9(6-11(13)17)14-12(15)10-4-5-16-7-8(10)2/h8-10H,3-7H2,1-2H3,(H2,13,17)(H,14,15). The highest BCUT2D eigenvalue weighted by molar-refractivity contribution is 7.80. The van der Waals surface area contributed by atoms with Crippen LogP contribution in [0.5, 0.6) is 0 Å². The number of ether oxygens (including phenoxy) is 1. The number of nitrogens with two attached hydrogens (primary N) is 1. The third-order valence-electron chi connectivity index (χ3n) is 3.26. The number of hydrogen-bond donors (Lipinski definition) is 2. The van der Waals surface area contributed by atoms with Gasteiger partial charge in [0.05, 0.1) is 4.99 Å². The zero-order valence-electron chi connectivity index (χ0n) is 10.6. The van der Waals surface area contributed by atoms with Crippen molar-refractivity contribution in [1.82, 2.24) is 5.32 Å². The average molecular weight is 258 g/mol. The van der Waals surface area contributed by atoms with Crippen LogP contribution in [0.4, 0.5) is 0 Å². The summed E-state index contributed by atoms with van der Waals surface area (Å²) in [6.07, 6.45) is 2.23. The van der Waals surface area contributed by atoms with E-state index >= 15 is 0 Å². The molecule has 1 amide bonds. The Balaban J connectivity index is 2.48. The van der Waals surface area contributed by atoms with Crippen molar-refractivity contribution in [3.63, 3.8) is 0 Å². The lowest BCUT2D eigenvalue weighted by atomic mass is 9.89. The van der Waals surface area contributed by atoms with Crippen LogP contribution in [0.3, 0.4) is 0 Å². The summed E-state index contributed by atoms with van der Waals surface area (Å²) in [4.78, 5) is 12.6. The molecular formula is C12H22N2O2S. The fourth-order valence-corrected chi connectivity index (χ4v) is 2.32. The van der Waals surface area contributed by atoms with Crippen molar-refractivity contribution in [3.8, 4) is 0 Å². The van der Waals surface area contributed by atoms with Gasteiger partial charge in [-0.15, -0.1) is 0 Å². The summed E-state index contributed by atoms with van der Waals surface area (Å²) in [6.45, 7) is 5.42. The lowest BCUT2D eigenvalue weighted by molar-refractivity contribution is -0.131. The van der Waals surface area contributed by atoms with E-state index in [0.29, 0.717) is 24.6 Å². The highest BCUT2D eigenvalue weighted by Gasteiger charge is 2.29. The topological polar surface area (TPSA) is 64.3 Å². The summed E-state index contributed by atoms with van der Waals surface area (Å²) in [7, 11) is 0. The quantitative estimate of drug-likeness (QED) is 0.728. The second-order valence-corrected chi connectivity index (χ2v) is 5.26. The predicted molar refractivity (Wildman–Crippen MR) is 71.7 cm³/mol. The molecule has 1 saturated heterocycles. The van der Waals surface area contributed by atoms with E-state index in [2.05, 4.69) is 12.2 Å². The number of carbonyl (C=O) groups excluding carboxylic acids is 1. The molecule has 0 bridgehead atoms. The van der Waals surface area contributed by atoms with E-state index < -0.39 is 0 Å². The summed E-state index contributed by atoms with van der Waals surface area (Å²) in [6, 6.07) is 0.0649. The van der Waals surface area contributed by atoms with Crippen LogP contribution in [0.25, 0.3) is 0 Å². The molecule has 0 spiro atoms. The number of nitrogens with one attached hydrogen (secondary N) is 1. The van der Waals surface area contributed by atoms with Crippen molar-refractivity contribution in [3.05, 3.63) is 0 Å². The Kier molecular flexibility index (Phi) is 5.85. The molecule has 3 unspecified atom stereocenters. The Morgan fingerprint density at radius 1 is 1.65 bits per heavy atom. The minimum atomic E-state index is 0.0594. The fraction of sp³-hybridized carbons (Fsp3) is 0.833. The number of amides is 1. The van der Waals surface area contributed by atoms with Crippen molar-refractivity contribution >= 4 is 23.1 Å². The molecule has 1 heterocycles. The Morgan fingerprint density at radius 3 is 2.88 bits per heavy atom. The van der Waals surface area contributed by atoms with Gasteiger partial charge in [-0.3, -0.25) is 4.79 Å². The molecule has 0 aromatic rings. The van der Waals surface area contributed by atoms with Gasteiger partial charge in [0.2, 0.25) is 5.91 Å². The summed E-state index contributed by atoms with van der Waals surface area (Å²) in [5.74, 6) is 0.458. The van der Waals surface area contributed by atoms with Crippen molar-refractivity contribution in [1.29, 1.82) is 0 Å². The molecular weight excluding hydrogens is 236 g/mol. The monoisotopic (exact) mass is 258 g/mol. The Labute approximate surface area is 108 Å². The van der Waals surface area contributed by atoms with Crippen LogP contribution in [-0.2, 0) is 9.53 Å². The third kappa shape index (κ3) is 4.60. The van der Waals surface area contributed by atoms with E-state index in [1.807, 2.05) is 6.92 Å². The first-order chi connectivity index (χ1) is 8.04. The number of thiocarbonyl (C=S) groups is 1. The van der Waals surface area contributed by atoms with Crippen molar-refractivity contribution in [2.24, 2.45) is 17.6 Å². The molecule has 1 rings (SSSR count). The third-order valence-corrected chi connectivity index (χ3v) is 3.43. The lowest BCUT2D eigenvalue weighted by Gasteiger charge is -2.29. The first kappa shape index (κ1) is 14.4. The lowest BCUT2D eigenvalue weighted by Crippen LogP contribution is -2.44. The van der Waals surface area contributed by atoms with E-state index in [-0.39, 0.29) is 23.8 Å². The van der Waals surface area contributed by atoms with Crippen LogP contribution in [0, 0.1) is 11.8 Å². The molecule has 0 saturated carbocycles. The Bertz CT molecular complexity index is 284. The van der Waals surface area contributed by atoms with Crippen LogP contribution in [0.15, 0.2) is 0 Å². The summed E-state index contributed by atoms with van der Waals surface area (Å²) in [5, 5.41) is 3.04. The van der Waals surface area contributed by atoms with Gasteiger partial charge in [0.15, 0.2) is 0 Å². The number of hydrogen-bond acceptors (Lipinski definition) is 3. The van der Waals surface area contributed by atoms with Gasteiger partial charge in [0, 0.05) is 31.6 Å². The van der Waals surface area contributed by atoms with Crippen molar-refractivity contribution in [2.75, 3.05) is 13.2 Å². The van der Waals surface area contributed by atoms with Gasteiger partial charge in [0.1, 0.15) is 0 Å². The normalized spacial score (nSPS) is 26.2. The van der Waals surface area contributed by atoms with E-state index in [1.165, 1.54) is 0 Å². The van der Waals surface area contributed by atoms with Gasteiger partial charge < -0.3 is 15.8 Å². The van der Waals surface area contributed by atoms with Gasteiger partial charge in [-0.1, -0.05) is 26.1 Å². The van der Waals surface area contributed by atoms with Crippen LogP contribution >= 0.6 is 12.2 Å². The SMILES string of the molecule is CCC(CC(N)=S)NC(=O)C1CCOCC1C. The number of rotatable bonds is 5. The number of carbonyl (C=O) groups is 1. The fourth-order valence-electron chi connectivity index (χ4n) is 2.12. The van der Waals surface area contributed by atoms with Gasteiger partial charge in [-0.05, 0) is 18.8 Å². The maximum atomic E-state index is 12.1. The molecule has 1 aliphatic heterocycles. The van der Waals surface area contributed by atoms with E-state index in [4.69, 9.17) is 22.7 Å². The molecule has 3 atom stereocenters. The molecule has 0 radical (unpaired) electrons. The predicted octanol–water partition coefficient (Wildman–Crippen LogP) is 1.23. The van der Waals surface area contributed by atoms with Crippen molar-refractivity contribution in [2.45, 2.75) is 39.2 Å². The molecule has 3 N–H and O–H groups in total. The smallest absolute Gasteiger partial charge is 0.223 e. The molecule has 0 aliphatic carbocycles. The van der Waals surface area contributed by atoms with Crippen molar-refractivity contribution < 1.29 is 9.53 Å². The molecule has 17 heavy (non-hydrogen) atoms. The molecule has 4 nitrogen and oxygen atoms in total. The van der Waals surface area contributed by atoms with Crippen LogP contribution < -0.4 is 11.1 Å². The van der Waals surface area contributed by atoms with Gasteiger partial charge in [-0.25, -0.2) is 0 Å². The largest absolute Gasteiger partial charge is 0.393 e. The average Bonchev–Trinajstić information content (AvgIpc) is 2.27. The van der Waals surface area contributed by atoms with Gasteiger partial charge >= 0.3 is 0 Å². The maximum Gasteiger partial charge on any atom is 0.223 e. The van der Waals surface area contributed by atoms with E-state index in [0.717, 1.165) is 12.8 Å². The molecule has 0 aromatic carbocycles. The minimum Gasteiger partial charge on any atom is -0.393 e. The molecule has 5 heteroatoms. The minimum absolute atomic E-state index is 0.0594. The summed E-state index contributed by atoms with van der Waals surface area (Å²) in [5.41, 5.74) is 5.51. The molecule has 1 aliphatic rings. The summed E-state index contributed by atoms with van der Waals surface area (Å²) < 4.78 is 5.34. The first-order valence-corrected chi connectivity index (χ1v) is 6.61. The highest BCUT2D eigenvalue weighted by Crippen LogP contribution is 2.21. The van der Waals surface area contributed by atoms with Crippen LogP contribution in [-0.4, -0.2) is 30.2 Å². The summed E-state index contributed by atoms with van der Waals surface area (Å²) >= 11 is 4.88. The molecule has 1 fully saturated rings. The van der Waals surface area contributed by atoms with E-state index in [1.54, 1.807) is 0 Å². The van der Waals surface area contributed by atoms with Gasteiger partial charge in [-0.2, -0.15) is 0 Å².